The van der Waals surface area contributed by atoms with Crippen LogP contribution in [-0.4, -0.2) is 31.4 Å². The Balaban J connectivity index is 2.52. The number of anilines is 1. The summed E-state index contributed by atoms with van der Waals surface area (Å²) in [5.74, 6) is 0. The van der Waals surface area contributed by atoms with Crippen molar-refractivity contribution in [2.75, 3.05) is 11.9 Å². The zero-order chi connectivity index (χ0) is 11.8. The Morgan fingerprint density at radius 2 is 2.06 bits per heavy atom. The predicted octanol–water partition coefficient (Wildman–Crippen LogP) is 1.03. The highest BCUT2D eigenvalue weighted by molar-refractivity contribution is 7.92. The number of benzene rings is 1. The fourth-order valence-electron chi connectivity index (χ4n) is 2.14. The molecule has 88 valence electrons. The first-order valence-electron chi connectivity index (χ1n) is 5.27. The van der Waals surface area contributed by atoms with Crippen LogP contribution in [0.5, 0.6) is 0 Å². The van der Waals surface area contributed by atoms with Crippen LogP contribution >= 0.6 is 0 Å². The van der Waals surface area contributed by atoms with Gasteiger partial charge in [0.25, 0.3) is 0 Å². The molecule has 2 unspecified atom stereocenters. The van der Waals surface area contributed by atoms with Gasteiger partial charge in [-0.05, 0) is 25.5 Å². The average molecular weight is 241 g/mol. The number of hydrogen-bond acceptors (Lipinski definition) is 4. The van der Waals surface area contributed by atoms with E-state index < -0.39 is 15.1 Å². The van der Waals surface area contributed by atoms with Crippen molar-refractivity contribution < 1.29 is 13.5 Å². The summed E-state index contributed by atoms with van der Waals surface area (Å²) in [6, 6.07) is 6.71. The number of sulfone groups is 1. The van der Waals surface area contributed by atoms with E-state index in [1.54, 1.807) is 24.3 Å². The summed E-state index contributed by atoms with van der Waals surface area (Å²) in [6.45, 7) is 1.71. The molecule has 0 amide bonds. The Bertz CT molecular complexity index is 484. The van der Waals surface area contributed by atoms with E-state index in [1.165, 1.54) is 0 Å². The quantitative estimate of drug-likeness (QED) is 0.811. The van der Waals surface area contributed by atoms with E-state index in [0.717, 1.165) is 0 Å². The van der Waals surface area contributed by atoms with Gasteiger partial charge in [-0.15, -0.1) is 0 Å². The van der Waals surface area contributed by atoms with Crippen molar-refractivity contribution in [2.24, 2.45) is 0 Å². The van der Waals surface area contributed by atoms with Crippen molar-refractivity contribution in [2.45, 2.75) is 29.5 Å². The molecular formula is C11H15NO3S. The van der Waals surface area contributed by atoms with Gasteiger partial charge in [0.05, 0.1) is 15.8 Å². The van der Waals surface area contributed by atoms with Crippen LogP contribution in [0.3, 0.4) is 0 Å². The van der Waals surface area contributed by atoms with Crippen molar-refractivity contribution in [3.63, 3.8) is 0 Å². The van der Waals surface area contributed by atoms with Gasteiger partial charge in [-0.2, -0.15) is 0 Å². The number of hydrogen-bond donors (Lipinski definition) is 2. The van der Waals surface area contributed by atoms with Crippen molar-refractivity contribution >= 4 is 15.5 Å². The molecule has 0 aromatic heterocycles. The third kappa shape index (κ3) is 1.70. The van der Waals surface area contributed by atoms with E-state index in [2.05, 4.69) is 5.32 Å². The highest BCUT2D eigenvalue weighted by atomic mass is 32.2. The van der Waals surface area contributed by atoms with Crippen molar-refractivity contribution in [3.8, 4) is 0 Å². The number of aliphatic hydroxyl groups excluding tert-OH is 1. The van der Waals surface area contributed by atoms with E-state index in [4.69, 9.17) is 5.11 Å². The van der Waals surface area contributed by atoms with Gasteiger partial charge in [0.15, 0.2) is 9.84 Å². The van der Waals surface area contributed by atoms with E-state index in [1.807, 2.05) is 6.92 Å². The maximum Gasteiger partial charge on any atom is 0.185 e. The van der Waals surface area contributed by atoms with Gasteiger partial charge in [-0.1, -0.05) is 12.1 Å². The zero-order valence-corrected chi connectivity index (χ0v) is 9.87. The van der Waals surface area contributed by atoms with E-state index in [0.29, 0.717) is 10.6 Å². The van der Waals surface area contributed by atoms with Gasteiger partial charge in [0, 0.05) is 12.6 Å². The molecule has 5 heteroatoms. The first kappa shape index (κ1) is 11.4. The lowest BCUT2D eigenvalue weighted by molar-refractivity contribution is 0.282. The molecule has 2 atom stereocenters. The second-order valence-corrected chi connectivity index (χ2v) is 6.16. The molecule has 1 heterocycles. The summed E-state index contributed by atoms with van der Waals surface area (Å²) in [6.07, 6.45) is 0.269. The zero-order valence-electron chi connectivity index (χ0n) is 9.05. The van der Waals surface area contributed by atoms with Crippen LogP contribution in [0.2, 0.25) is 0 Å². The standard InChI is InChI=1S/C11H15NO3S/c1-8-10(6-7-13)16(14,15)11-5-3-2-4-9(11)12-8/h2-5,8,10,12-13H,6-7H2,1H3. The molecule has 1 aromatic carbocycles. The third-order valence-electron chi connectivity index (χ3n) is 2.95. The number of rotatable bonds is 2. The Labute approximate surface area is 95.2 Å². The van der Waals surface area contributed by atoms with Gasteiger partial charge in [0.2, 0.25) is 0 Å². The van der Waals surface area contributed by atoms with Crippen LogP contribution in [0.4, 0.5) is 5.69 Å². The predicted molar refractivity (Wildman–Crippen MR) is 62.2 cm³/mol. The minimum Gasteiger partial charge on any atom is -0.396 e. The Kier molecular flexibility index (Phi) is 2.90. The molecule has 16 heavy (non-hydrogen) atoms. The van der Waals surface area contributed by atoms with Crippen LogP contribution in [0.25, 0.3) is 0 Å². The Morgan fingerprint density at radius 1 is 1.38 bits per heavy atom. The van der Waals surface area contributed by atoms with Gasteiger partial charge in [-0.25, -0.2) is 8.42 Å². The molecule has 0 saturated carbocycles. The summed E-state index contributed by atoms with van der Waals surface area (Å²) >= 11 is 0. The van der Waals surface area contributed by atoms with Crippen LogP contribution in [0.15, 0.2) is 29.2 Å². The van der Waals surface area contributed by atoms with Crippen molar-refractivity contribution in [3.05, 3.63) is 24.3 Å². The lowest BCUT2D eigenvalue weighted by Crippen LogP contribution is -2.42. The monoisotopic (exact) mass is 241 g/mol. The Hall–Kier alpha value is -1.07. The first-order chi connectivity index (χ1) is 7.57. The summed E-state index contributed by atoms with van der Waals surface area (Å²) in [7, 11) is -3.32. The lowest BCUT2D eigenvalue weighted by Gasteiger charge is -2.31. The third-order valence-corrected chi connectivity index (χ3v) is 5.36. The average Bonchev–Trinajstić information content (AvgIpc) is 2.24. The SMILES string of the molecule is CC1Nc2ccccc2S(=O)(=O)C1CCO. The van der Waals surface area contributed by atoms with Crippen molar-refractivity contribution in [1.29, 1.82) is 0 Å². The summed E-state index contributed by atoms with van der Waals surface area (Å²) in [5.41, 5.74) is 0.657. The molecule has 4 nitrogen and oxygen atoms in total. The molecule has 0 aliphatic carbocycles. The van der Waals surface area contributed by atoms with Crippen LogP contribution in [0.1, 0.15) is 13.3 Å². The number of aliphatic hydroxyl groups is 1. The molecule has 1 aromatic rings. The maximum atomic E-state index is 12.3. The van der Waals surface area contributed by atoms with Crippen molar-refractivity contribution in [1.82, 2.24) is 0 Å². The molecular weight excluding hydrogens is 226 g/mol. The highest BCUT2D eigenvalue weighted by Crippen LogP contribution is 2.33. The number of para-hydroxylation sites is 1. The molecule has 0 bridgehead atoms. The Morgan fingerprint density at radius 3 is 2.75 bits per heavy atom. The topological polar surface area (TPSA) is 66.4 Å². The first-order valence-corrected chi connectivity index (χ1v) is 6.82. The minimum atomic E-state index is -3.32. The number of fused-ring (bicyclic) bond motifs is 1. The molecule has 2 rings (SSSR count). The van der Waals surface area contributed by atoms with Crippen LogP contribution in [-0.2, 0) is 9.84 Å². The molecule has 0 spiro atoms. The summed E-state index contributed by atoms with van der Waals surface area (Å²) < 4.78 is 24.5. The van der Waals surface area contributed by atoms with Gasteiger partial charge in [-0.3, -0.25) is 0 Å². The van der Waals surface area contributed by atoms with Crippen LogP contribution < -0.4 is 5.32 Å². The fraction of sp³-hybridized carbons (Fsp3) is 0.455. The molecule has 2 N–H and O–H groups in total. The summed E-state index contributed by atoms with van der Waals surface area (Å²) in [4.78, 5) is 0.339. The summed E-state index contributed by atoms with van der Waals surface area (Å²) in [5, 5.41) is 11.5. The number of nitrogens with one attached hydrogen (secondary N) is 1. The molecule has 0 radical (unpaired) electrons. The van der Waals surface area contributed by atoms with Crippen LogP contribution in [0, 0.1) is 0 Å². The smallest absolute Gasteiger partial charge is 0.185 e. The van der Waals surface area contributed by atoms with Gasteiger partial charge >= 0.3 is 0 Å². The van der Waals surface area contributed by atoms with E-state index >= 15 is 0 Å². The normalized spacial score (nSPS) is 26.9. The van der Waals surface area contributed by atoms with Gasteiger partial charge in [0.1, 0.15) is 0 Å². The maximum absolute atomic E-state index is 12.3. The minimum absolute atomic E-state index is 0.113. The van der Waals surface area contributed by atoms with E-state index in [-0.39, 0.29) is 19.1 Å². The lowest BCUT2D eigenvalue weighted by atomic mass is 10.1. The second-order valence-electron chi connectivity index (χ2n) is 4.02. The molecule has 1 aliphatic heterocycles. The molecule has 1 aliphatic rings. The van der Waals surface area contributed by atoms with E-state index in [9.17, 15) is 8.42 Å². The highest BCUT2D eigenvalue weighted by Gasteiger charge is 2.37. The molecule has 0 fully saturated rings. The fourth-order valence-corrected chi connectivity index (χ4v) is 4.19. The van der Waals surface area contributed by atoms with Gasteiger partial charge < -0.3 is 10.4 Å². The second kappa shape index (κ2) is 4.07. The largest absolute Gasteiger partial charge is 0.396 e. The molecule has 0 saturated heterocycles.